The van der Waals surface area contributed by atoms with Gasteiger partial charge in [0.2, 0.25) is 11.8 Å². The molecule has 0 atom stereocenters. The van der Waals surface area contributed by atoms with Crippen molar-refractivity contribution in [3.8, 4) is 11.6 Å². The number of hydrogen-bond acceptors (Lipinski definition) is 5. The maximum Gasteiger partial charge on any atom is 0.312 e. The average molecular weight is 331 g/mol. The smallest absolute Gasteiger partial charge is 0.312 e. The van der Waals surface area contributed by atoms with E-state index in [1.807, 2.05) is 4.90 Å². The first-order chi connectivity index (χ1) is 11.6. The second-order valence-electron chi connectivity index (χ2n) is 5.52. The highest BCUT2D eigenvalue weighted by Crippen LogP contribution is 2.22. The minimum Gasteiger partial charge on any atom is -0.439 e. The van der Waals surface area contributed by atoms with Gasteiger partial charge in [0.1, 0.15) is 11.6 Å². The van der Waals surface area contributed by atoms with E-state index in [0.717, 1.165) is 12.8 Å². The molecule has 2 aromatic rings. The predicted molar refractivity (Wildman–Crippen MR) is 86.5 cm³/mol. The normalized spacial score (nSPS) is 15.1. The summed E-state index contributed by atoms with van der Waals surface area (Å²) in [5, 5.41) is 2.72. The van der Waals surface area contributed by atoms with Crippen LogP contribution in [0.1, 0.15) is 12.8 Å². The number of carbonyl (C=O) groups excluding carboxylic acids is 1. The lowest BCUT2D eigenvalue weighted by atomic mass is 10.1. The van der Waals surface area contributed by atoms with E-state index in [0.29, 0.717) is 30.7 Å². The standard InChI is InChI=1S/C16H18FN5O2/c17-11-1-3-13(4-2-11)24-14-5-8-19-16(21-14)22-9-6-12(7-10-22)20-15(18)23/h1-5,8,12H,6-7,9-10H2,(H3,18,20,23). The van der Waals surface area contributed by atoms with E-state index < -0.39 is 6.03 Å². The van der Waals surface area contributed by atoms with Gasteiger partial charge in [0.15, 0.2) is 0 Å². The second kappa shape index (κ2) is 7.12. The van der Waals surface area contributed by atoms with Crippen LogP contribution in [0.25, 0.3) is 0 Å². The van der Waals surface area contributed by atoms with E-state index >= 15 is 0 Å². The maximum atomic E-state index is 12.9. The number of aromatic nitrogens is 2. The molecule has 0 bridgehead atoms. The zero-order valence-electron chi connectivity index (χ0n) is 13.0. The molecule has 2 heterocycles. The Morgan fingerprint density at radius 3 is 2.62 bits per heavy atom. The lowest BCUT2D eigenvalue weighted by Gasteiger charge is -2.32. The Morgan fingerprint density at radius 1 is 1.25 bits per heavy atom. The molecule has 24 heavy (non-hydrogen) atoms. The molecular weight excluding hydrogens is 313 g/mol. The molecule has 0 spiro atoms. The van der Waals surface area contributed by atoms with Gasteiger partial charge in [-0.05, 0) is 37.1 Å². The number of ether oxygens (including phenoxy) is 1. The Labute approximate surface area is 138 Å². The number of piperidine rings is 1. The number of nitrogens with one attached hydrogen (secondary N) is 1. The molecule has 1 aromatic heterocycles. The second-order valence-corrected chi connectivity index (χ2v) is 5.52. The Morgan fingerprint density at radius 2 is 1.96 bits per heavy atom. The summed E-state index contributed by atoms with van der Waals surface area (Å²) < 4.78 is 18.5. The van der Waals surface area contributed by atoms with E-state index in [1.165, 1.54) is 24.3 Å². The van der Waals surface area contributed by atoms with Gasteiger partial charge < -0.3 is 20.7 Å². The van der Waals surface area contributed by atoms with Crippen molar-refractivity contribution in [1.82, 2.24) is 15.3 Å². The number of rotatable bonds is 4. The van der Waals surface area contributed by atoms with Crippen molar-refractivity contribution in [3.05, 3.63) is 42.3 Å². The van der Waals surface area contributed by atoms with Crippen molar-refractivity contribution in [2.75, 3.05) is 18.0 Å². The number of benzene rings is 1. The van der Waals surface area contributed by atoms with E-state index in [-0.39, 0.29) is 11.9 Å². The lowest BCUT2D eigenvalue weighted by Crippen LogP contribution is -2.46. The van der Waals surface area contributed by atoms with Gasteiger partial charge in [-0.3, -0.25) is 0 Å². The first kappa shape index (κ1) is 16.0. The third-order valence-electron chi connectivity index (χ3n) is 3.78. The summed E-state index contributed by atoms with van der Waals surface area (Å²) in [6, 6.07) is 6.96. The van der Waals surface area contributed by atoms with Gasteiger partial charge in [-0.1, -0.05) is 0 Å². The zero-order chi connectivity index (χ0) is 16.9. The molecule has 0 radical (unpaired) electrons. The average Bonchev–Trinajstić information content (AvgIpc) is 2.57. The minimum absolute atomic E-state index is 0.0809. The number of amides is 2. The molecule has 8 heteroatoms. The van der Waals surface area contributed by atoms with Gasteiger partial charge in [-0.2, -0.15) is 4.98 Å². The Kier molecular flexibility index (Phi) is 4.74. The number of nitrogens with zero attached hydrogens (tertiary/aromatic N) is 3. The van der Waals surface area contributed by atoms with Crippen LogP contribution in [0.2, 0.25) is 0 Å². The number of urea groups is 1. The van der Waals surface area contributed by atoms with Crippen LogP contribution in [0, 0.1) is 5.82 Å². The van der Waals surface area contributed by atoms with Crippen LogP contribution in [0.3, 0.4) is 0 Å². The van der Waals surface area contributed by atoms with Crippen molar-refractivity contribution in [1.29, 1.82) is 0 Å². The van der Waals surface area contributed by atoms with Gasteiger partial charge in [-0.15, -0.1) is 0 Å². The van der Waals surface area contributed by atoms with E-state index in [1.54, 1.807) is 12.3 Å². The third-order valence-corrected chi connectivity index (χ3v) is 3.78. The highest BCUT2D eigenvalue weighted by Gasteiger charge is 2.21. The highest BCUT2D eigenvalue weighted by molar-refractivity contribution is 5.72. The number of halogens is 1. The molecule has 0 aliphatic carbocycles. The Balaban J connectivity index is 1.63. The summed E-state index contributed by atoms with van der Waals surface area (Å²) in [7, 11) is 0. The van der Waals surface area contributed by atoms with Crippen molar-refractivity contribution < 1.29 is 13.9 Å². The van der Waals surface area contributed by atoms with Crippen LogP contribution in [-0.2, 0) is 0 Å². The first-order valence-electron chi connectivity index (χ1n) is 7.67. The van der Waals surface area contributed by atoms with Crippen molar-refractivity contribution in [3.63, 3.8) is 0 Å². The maximum absolute atomic E-state index is 12.9. The summed E-state index contributed by atoms with van der Waals surface area (Å²) in [6.07, 6.45) is 3.17. The van der Waals surface area contributed by atoms with Gasteiger partial charge in [0, 0.05) is 31.4 Å². The fraction of sp³-hybridized carbons (Fsp3) is 0.312. The zero-order valence-corrected chi connectivity index (χ0v) is 13.0. The Hall–Kier alpha value is -2.90. The van der Waals surface area contributed by atoms with Crippen LogP contribution in [-0.4, -0.2) is 35.1 Å². The van der Waals surface area contributed by atoms with Crippen molar-refractivity contribution >= 4 is 12.0 Å². The summed E-state index contributed by atoms with van der Waals surface area (Å²) >= 11 is 0. The SMILES string of the molecule is NC(=O)NC1CCN(c2nccc(Oc3ccc(F)cc3)n2)CC1. The summed E-state index contributed by atoms with van der Waals surface area (Å²) in [5.41, 5.74) is 5.14. The fourth-order valence-electron chi connectivity index (χ4n) is 2.59. The Bertz CT molecular complexity index is 702. The quantitative estimate of drug-likeness (QED) is 0.894. The molecule has 126 valence electrons. The first-order valence-corrected chi connectivity index (χ1v) is 7.67. The number of hydrogen-bond donors (Lipinski definition) is 2. The number of primary amides is 1. The molecule has 0 unspecified atom stereocenters. The summed E-state index contributed by atoms with van der Waals surface area (Å²) in [6.45, 7) is 1.43. The topological polar surface area (TPSA) is 93.4 Å². The molecule has 2 amide bonds. The van der Waals surface area contributed by atoms with Crippen LogP contribution < -0.4 is 20.7 Å². The van der Waals surface area contributed by atoms with Gasteiger partial charge in [-0.25, -0.2) is 14.2 Å². The fourth-order valence-corrected chi connectivity index (χ4v) is 2.59. The van der Waals surface area contributed by atoms with E-state index in [2.05, 4.69) is 15.3 Å². The molecule has 1 fully saturated rings. The summed E-state index contributed by atoms with van der Waals surface area (Å²) in [4.78, 5) is 21.6. The predicted octanol–water partition coefficient (Wildman–Crippen LogP) is 2.05. The van der Waals surface area contributed by atoms with Crippen LogP contribution in [0.15, 0.2) is 36.5 Å². The van der Waals surface area contributed by atoms with Crippen LogP contribution in [0.5, 0.6) is 11.6 Å². The molecule has 1 saturated heterocycles. The van der Waals surface area contributed by atoms with Gasteiger partial charge in [0.05, 0.1) is 0 Å². The van der Waals surface area contributed by atoms with Crippen molar-refractivity contribution in [2.24, 2.45) is 5.73 Å². The molecule has 3 N–H and O–H groups in total. The number of nitrogens with two attached hydrogens (primary N) is 1. The van der Waals surface area contributed by atoms with E-state index in [4.69, 9.17) is 10.5 Å². The molecule has 7 nitrogen and oxygen atoms in total. The summed E-state index contributed by atoms with van der Waals surface area (Å²) in [5.74, 6) is 1.14. The highest BCUT2D eigenvalue weighted by atomic mass is 19.1. The molecule has 3 rings (SSSR count). The third kappa shape index (κ3) is 4.09. The number of carbonyl (C=O) groups is 1. The van der Waals surface area contributed by atoms with Gasteiger partial charge in [0.25, 0.3) is 0 Å². The lowest BCUT2D eigenvalue weighted by molar-refractivity contribution is 0.242. The minimum atomic E-state index is -0.501. The van der Waals surface area contributed by atoms with E-state index in [9.17, 15) is 9.18 Å². The largest absolute Gasteiger partial charge is 0.439 e. The monoisotopic (exact) mass is 331 g/mol. The van der Waals surface area contributed by atoms with Crippen LogP contribution in [0.4, 0.5) is 15.1 Å². The van der Waals surface area contributed by atoms with Crippen molar-refractivity contribution in [2.45, 2.75) is 18.9 Å². The molecule has 1 aliphatic rings. The molecular formula is C16H18FN5O2. The molecule has 1 aliphatic heterocycles. The number of anilines is 1. The van der Waals surface area contributed by atoms with Gasteiger partial charge >= 0.3 is 6.03 Å². The van der Waals surface area contributed by atoms with Crippen LogP contribution >= 0.6 is 0 Å². The molecule has 0 saturated carbocycles. The molecule has 1 aromatic carbocycles.